The molecule has 1 saturated heterocycles. The Morgan fingerprint density at radius 2 is 2.05 bits per heavy atom. The summed E-state index contributed by atoms with van der Waals surface area (Å²) in [6.45, 7) is 6.62. The second-order valence-electron chi connectivity index (χ2n) is 6.51. The second kappa shape index (κ2) is 6.53. The van der Waals surface area contributed by atoms with Crippen molar-refractivity contribution in [3.05, 3.63) is 36.0 Å². The van der Waals surface area contributed by atoms with E-state index in [-0.39, 0.29) is 5.91 Å². The summed E-state index contributed by atoms with van der Waals surface area (Å²) in [5, 5.41) is 4.35. The number of amides is 1. The molecule has 0 unspecified atom stereocenters. The average Bonchev–Trinajstić information content (AvgIpc) is 2.91. The molecule has 0 radical (unpaired) electrons. The second-order valence-corrected chi connectivity index (χ2v) is 6.51. The predicted molar refractivity (Wildman–Crippen MR) is 89.9 cm³/mol. The Labute approximate surface area is 131 Å². The van der Waals surface area contributed by atoms with Crippen molar-refractivity contribution in [2.24, 2.45) is 0 Å². The van der Waals surface area contributed by atoms with Crippen molar-refractivity contribution in [2.45, 2.75) is 45.2 Å². The minimum atomic E-state index is 0.132. The maximum Gasteiger partial charge on any atom is 0.224 e. The van der Waals surface area contributed by atoms with E-state index in [1.807, 2.05) is 24.4 Å². The molecule has 4 nitrogen and oxygen atoms in total. The molecule has 0 saturated carbocycles. The molecule has 0 spiro atoms. The van der Waals surface area contributed by atoms with E-state index in [2.05, 4.69) is 35.1 Å². The van der Waals surface area contributed by atoms with Crippen LogP contribution in [0.1, 0.15) is 32.3 Å². The van der Waals surface area contributed by atoms with E-state index in [1.54, 1.807) is 0 Å². The number of hydrogen-bond donors (Lipinski definition) is 2. The van der Waals surface area contributed by atoms with Gasteiger partial charge in [0, 0.05) is 42.3 Å². The summed E-state index contributed by atoms with van der Waals surface area (Å²) in [5.74, 6) is 0.132. The number of likely N-dealkylation sites (tertiary alicyclic amines) is 1. The highest BCUT2D eigenvalue weighted by atomic mass is 16.1. The van der Waals surface area contributed by atoms with Crippen molar-refractivity contribution in [1.82, 2.24) is 15.2 Å². The van der Waals surface area contributed by atoms with Gasteiger partial charge >= 0.3 is 0 Å². The smallest absolute Gasteiger partial charge is 0.224 e. The molecule has 2 heterocycles. The maximum absolute atomic E-state index is 12.3. The molecular weight excluding hydrogens is 274 g/mol. The molecule has 1 fully saturated rings. The van der Waals surface area contributed by atoms with Crippen LogP contribution in [0.2, 0.25) is 0 Å². The van der Waals surface area contributed by atoms with Crippen LogP contribution >= 0.6 is 0 Å². The molecular formula is C18H25N3O. The number of H-pyrrole nitrogens is 1. The Morgan fingerprint density at radius 3 is 2.77 bits per heavy atom. The Bertz CT molecular complexity index is 639. The van der Waals surface area contributed by atoms with Gasteiger partial charge in [0.05, 0.1) is 6.42 Å². The zero-order valence-electron chi connectivity index (χ0n) is 13.4. The Morgan fingerprint density at radius 1 is 1.32 bits per heavy atom. The highest BCUT2D eigenvalue weighted by Gasteiger charge is 2.22. The molecule has 1 aromatic heterocycles. The third-order valence-electron chi connectivity index (χ3n) is 4.65. The zero-order valence-corrected chi connectivity index (χ0v) is 13.4. The molecule has 0 atom stereocenters. The van der Waals surface area contributed by atoms with Crippen molar-refractivity contribution in [3.8, 4) is 0 Å². The topological polar surface area (TPSA) is 48.1 Å². The lowest BCUT2D eigenvalue weighted by atomic mass is 10.0. The molecule has 0 aliphatic carbocycles. The number of nitrogens with one attached hydrogen (secondary N) is 2. The normalized spacial score (nSPS) is 17.2. The van der Waals surface area contributed by atoms with E-state index in [0.29, 0.717) is 18.5 Å². The van der Waals surface area contributed by atoms with Gasteiger partial charge in [-0.05, 0) is 38.3 Å². The summed E-state index contributed by atoms with van der Waals surface area (Å²) in [6, 6.07) is 9.05. The third-order valence-corrected chi connectivity index (χ3v) is 4.65. The van der Waals surface area contributed by atoms with Gasteiger partial charge in [0.25, 0.3) is 0 Å². The van der Waals surface area contributed by atoms with Crippen LogP contribution < -0.4 is 5.32 Å². The monoisotopic (exact) mass is 299 g/mol. The van der Waals surface area contributed by atoms with Crippen molar-refractivity contribution in [1.29, 1.82) is 0 Å². The Kier molecular flexibility index (Phi) is 4.48. The van der Waals surface area contributed by atoms with Gasteiger partial charge in [-0.25, -0.2) is 0 Å². The van der Waals surface area contributed by atoms with E-state index < -0.39 is 0 Å². The third kappa shape index (κ3) is 3.33. The largest absolute Gasteiger partial charge is 0.361 e. The quantitative estimate of drug-likeness (QED) is 0.912. The van der Waals surface area contributed by atoms with Crippen molar-refractivity contribution >= 4 is 16.8 Å². The minimum Gasteiger partial charge on any atom is -0.361 e. The Balaban J connectivity index is 1.55. The summed E-state index contributed by atoms with van der Waals surface area (Å²) in [7, 11) is 0. The number of fused-ring (bicyclic) bond motifs is 1. The maximum atomic E-state index is 12.3. The molecule has 22 heavy (non-hydrogen) atoms. The van der Waals surface area contributed by atoms with Crippen LogP contribution in [0.15, 0.2) is 30.5 Å². The molecule has 2 aromatic rings. The first kappa shape index (κ1) is 15.1. The number of piperidine rings is 1. The van der Waals surface area contributed by atoms with Crippen LogP contribution in [0.5, 0.6) is 0 Å². The van der Waals surface area contributed by atoms with Crippen LogP contribution in [-0.4, -0.2) is 41.0 Å². The lowest BCUT2D eigenvalue weighted by molar-refractivity contribution is -0.121. The van der Waals surface area contributed by atoms with Crippen LogP contribution in [0.25, 0.3) is 10.9 Å². The molecule has 4 heteroatoms. The number of carbonyl (C=O) groups excluding carboxylic acids is 1. The summed E-state index contributed by atoms with van der Waals surface area (Å²) >= 11 is 0. The standard InChI is InChI=1S/C18H25N3O/c1-13(2)21-9-7-15(8-10-21)20-18(22)11-14-12-19-17-6-4-3-5-16(14)17/h3-6,12-13,15,19H,7-11H2,1-2H3,(H,20,22). The molecule has 0 bridgehead atoms. The molecule has 1 aromatic carbocycles. The Hall–Kier alpha value is -1.81. The van der Waals surface area contributed by atoms with Gasteiger partial charge in [-0.2, -0.15) is 0 Å². The fourth-order valence-corrected chi connectivity index (χ4v) is 3.29. The number of benzene rings is 1. The fraction of sp³-hybridized carbons (Fsp3) is 0.500. The highest BCUT2D eigenvalue weighted by molar-refractivity contribution is 5.88. The average molecular weight is 299 g/mol. The predicted octanol–water partition coefficient (Wildman–Crippen LogP) is 2.70. The van der Waals surface area contributed by atoms with Gasteiger partial charge in [0.2, 0.25) is 5.91 Å². The lowest BCUT2D eigenvalue weighted by Crippen LogP contribution is -2.46. The lowest BCUT2D eigenvalue weighted by Gasteiger charge is -2.34. The van der Waals surface area contributed by atoms with E-state index in [4.69, 9.17) is 0 Å². The van der Waals surface area contributed by atoms with Crippen LogP contribution in [0.3, 0.4) is 0 Å². The van der Waals surface area contributed by atoms with Crippen molar-refractivity contribution < 1.29 is 4.79 Å². The van der Waals surface area contributed by atoms with Crippen LogP contribution in [-0.2, 0) is 11.2 Å². The number of aromatic amines is 1. The summed E-state index contributed by atoms with van der Waals surface area (Å²) in [4.78, 5) is 18.0. The van der Waals surface area contributed by atoms with Crippen LogP contribution in [0, 0.1) is 0 Å². The van der Waals surface area contributed by atoms with E-state index in [9.17, 15) is 4.79 Å². The molecule has 1 aliphatic rings. The zero-order chi connectivity index (χ0) is 15.5. The van der Waals surface area contributed by atoms with Gasteiger partial charge in [0.1, 0.15) is 0 Å². The first-order valence-electron chi connectivity index (χ1n) is 8.22. The van der Waals surface area contributed by atoms with Gasteiger partial charge in [-0.15, -0.1) is 0 Å². The van der Waals surface area contributed by atoms with Gasteiger partial charge in [-0.3, -0.25) is 4.79 Å². The van der Waals surface area contributed by atoms with Crippen LogP contribution in [0.4, 0.5) is 0 Å². The highest BCUT2D eigenvalue weighted by Crippen LogP contribution is 2.18. The van der Waals surface area contributed by atoms with Gasteiger partial charge in [0.15, 0.2) is 0 Å². The summed E-state index contributed by atoms with van der Waals surface area (Å²) in [6.07, 6.45) is 4.51. The number of para-hydroxylation sites is 1. The van der Waals surface area contributed by atoms with Crippen molar-refractivity contribution in [2.75, 3.05) is 13.1 Å². The van der Waals surface area contributed by atoms with Crippen molar-refractivity contribution in [3.63, 3.8) is 0 Å². The van der Waals surface area contributed by atoms with E-state index in [1.165, 1.54) is 0 Å². The summed E-state index contributed by atoms with van der Waals surface area (Å²) in [5.41, 5.74) is 2.17. The first-order valence-corrected chi connectivity index (χ1v) is 8.22. The first-order chi connectivity index (χ1) is 10.6. The fourth-order valence-electron chi connectivity index (χ4n) is 3.29. The molecule has 3 rings (SSSR count). The number of carbonyl (C=O) groups is 1. The molecule has 1 amide bonds. The number of hydrogen-bond acceptors (Lipinski definition) is 2. The minimum absolute atomic E-state index is 0.132. The molecule has 118 valence electrons. The number of nitrogens with zero attached hydrogens (tertiary/aromatic N) is 1. The van der Waals surface area contributed by atoms with Gasteiger partial charge < -0.3 is 15.2 Å². The van der Waals surface area contributed by atoms with Gasteiger partial charge in [-0.1, -0.05) is 18.2 Å². The number of aromatic nitrogens is 1. The molecule has 2 N–H and O–H groups in total. The van der Waals surface area contributed by atoms with E-state index in [0.717, 1.165) is 42.4 Å². The number of rotatable bonds is 4. The van der Waals surface area contributed by atoms with E-state index >= 15 is 0 Å². The summed E-state index contributed by atoms with van der Waals surface area (Å²) < 4.78 is 0. The molecule has 1 aliphatic heterocycles. The SMILES string of the molecule is CC(C)N1CCC(NC(=O)Cc2c[nH]c3ccccc23)CC1.